The molecule has 0 amide bonds. The monoisotopic (exact) mass is 228 g/mol. The van der Waals surface area contributed by atoms with Gasteiger partial charge in [0.15, 0.2) is 11.9 Å². The zero-order valence-electron chi connectivity index (χ0n) is 6.62. The van der Waals surface area contributed by atoms with Crippen molar-refractivity contribution in [2.24, 2.45) is 0 Å². The second-order valence-corrected chi connectivity index (χ2v) is 3.10. The van der Waals surface area contributed by atoms with Gasteiger partial charge >= 0.3 is 7.98 Å². The Labute approximate surface area is 80.5 Å². The Bertz CT molecular complexity index is 268. The molecule has 0 spiro atoms. The van der Waals surface area contributed by atoms with Crippen LogP contribution in [0.5, 0.6) is 5.75 Å². The van der Waals surface area contributed by atoms with Gasteiger partial charge in [-0.15, -0.1) is 0 Å². The van der Waals surface area contributed by atoms with Crippen LogP contribution in [0.15, 0.2) is 16.7 Å². The summed E-state index contributed by atoms with van der Waals surface area (Å²) in [6, 6.07) is 1.67. The molecular formula is C7H8BBrNO2+. The van der Waals surface area contributed by atoms with Gasteiger partial charge in [0, 0.05) is 6.07 Å². The fraction of sp³-hybridized carbons (Fsp3) is 0.286. The second-order valence-electron chi connectivity index (χ2n) is 2.25. The van der Waals surface area contributed by atoms with Crippen LogP contribution in [-0.2, 0) is 6.61 Å². The average Bonchev–Trinajstić information content (AvgIpc) is 2.05. The van der Waals surface area contributed by atoms with Crippen LogP contribution in [0.2, 0.25) is 0 Å². The molecule has 0 aromatic carbocycles. The number of ether oxygens (including phenoxy) is 1. The van der Waals surface area contributed by atoms with E-state index >= 15 is 0 Å². The number of hydrogen-bond acceptors (Lipinski definition) is 2. The highest BCUT2D eigenvalue weighted by atomic mass is 79.9. The summed E-state index contributed by atoms with van der Waals surface area (Å²) in [5.41, 5.74) is 0.593. The molecule has 0 saturated carbocycles. The lowest BCUT2D eigenvalue weighted by atomic mass is 10.2. The lowest BCUT2D eigenvalue weighted by molar-refractivity contribution is -0.535. The SMILES string of the molecule is [B][n+]1cc(Br)c(OC)cc1CO. The van der Waals surface area contributed by atoms with E-state index in [1.807, 2.05) is 0 Å². The summed E-state index contributed by atoms with van der Waals surface area (Å²) in [5, 5.41) is 8.86. The van der Waals surface area contributed by atoms with Crippen molar-refractivity contribution in [2.45, 2.75) is 6.61 Å². The number of rotatable bonds is 2. The lowest BCUT2D eigenvalue weighted by Crippen LogP contribution is -2.36. The number of hydrogen-bond donors (Lipinski definition) is 1. The number of nitrogens with zero attached hydrogens (tertiary/aromatic N) is 1. The normalized spacial score (nSPS) is 9.92. The van der Waals surface area contributed by atoms with Crippen molar-refractivity contribution in [3.8, 4) is 5.75 Å². The van der Waals surface area contributed by atoms with Crippen molar-refractivity contribution in [1.29, 1.82) is 0 Å². The maximum Gasteiger partial charge on any atom is 0.586 e. The van der Waals surface area contributed by atoms with Crippen molar-refractivity contribution in [3.05, 3.63) is 22.4 Å². The zero-order valence-corrected chi connectivity index (χ0v) is 8.21. The van der Waals surface area contributed by atoms with Crippen molar-refractivity contribution >= 4 is 23.9 Å². The number of methoxy groups -OCH3 is 1. The smallest absolute Gasteiger partial charge is 0.495 e. The van der Waals surface area contributed by atoms with E-state index in [4.69, 9.17) is 17.8 Å². The second kappa shape index (κ2) is 3.91. The largest absolute Gasteiger partial charge is 0.586 e. The molecular weight excluding hydrogens is 221 g/mol. The van der Waals surface area contributed by atoms with Crippen molar-refractivity contribution < 1.29 is 14.3 Å². The first kappa shape index (κ1) is 9.54. The molecule has 0 aliphatic rings. The molecule has 3 nitrogen and oxygen atoms in total. The minimum absolute atomic E-state index is 0.111. The van der Waals surface area contributed by atoms with Crippen molar-refractivity contribution in [1.82, 2.24) is 0 Å². The molecule has 1 aromatic heterocycles. The highest BCUT2D eigenvalue weighted by Gasteiger charge is 2.11. The third kappa shape index (κ3) is 1.79. The van der Waals surface area contributed by atoms with E-state index in [-0.39, 0.29) is 6.61 Å². The van der Waals surface area contributed by atoms with Crippen LogP contribution in [-0.4, -0.2) is 20.2 Å². The number of halogens is 1. The number of pyridine rings is 1. The summed E-state index contributed by atoms with van der Waals surface area (Å²) in [7, 11) is 7.08. The van der Waals surface area contributed by atoms with Gasteiger partial charge in [0.1, 0.15) is 16.8 Å². The van der Waals surface area contributed by atoms with Gasteiger partial charge in [0.2, 0.25) is 0 Å². The van der Waals surface area contributed by atoms with Gasteiger partial charge < -0.3 is 9.84 Å². The summed E-state index contributed by atoms with van der Waals surface area (Å²) < 4.78 is 7.11. The lowest BCUT2D eigenvalue weighted by Gasteiger charge is -2.03. The van der Waals surface area contributed by atoms with Gasteiger partial charge in [-0.25, -0.2) is 0 Å². The van der Waals surface area contributed by atoms with E-state index in [9.17, 15) is 0 Å². The molecule has 0 saturated heterocycles. The Morgan fingerprint density at radius 1 is 1.75 bits per heavy atom. The maximum atomic E-state index is 8.86. The molecule has 0 aliphatic heterocycles. The quantitative estimate of drug-likeness (QED) is 0.733. The van der Waals surface area contributed by atoms with Crippen molar-refractivity contribution in [3.63, 3.8) is 0 Å². The van der Waals surface area contributed by atoms with Gasteiger partial charge in [-0.2, -0.15) is 0 Å². The third-order valence-corrected chi connectivity index (χ3v) is 2.09. The molecule has 1 aromatic rings. The molecule has 2 radical (unpaired) electrons. The summed E-state index contributed by atoms with van der Waals surface area (Å²) in [6.07, 6.45) is 1.63. The van der Waals surface area contributed by atoms with Crippen LogP contribution < -0.4 is 9.21 Å². The molecule has 62 valence electrons. The highest BCUT2D eigenvalue weighted by Crippen LogP contribution is 2.22. The van der Waals surface area contributed by atoms with Gasteiger partial charge in [0.25, 0.3) is 0 Å². The van der Waals surface area contributed by atoms with E-state index in [1.165, 1.54) is 4.48 Å². The van der Waals surface area contributed by atoms with E-state index in [0.717, 1.165) is 4.47 Å². The first-order valence-electron chi connectivity index (χ1n) is 3.33. The number of aromatic nitrogens is 1. The summed E-state index contributed by atoms with van der Waals surface area (Å²) in [5.74, 6) is 0.653. The molecule has 0 fully saturated rings. The van der Waals surface area contributed by atoms with E-state index < -0.39 is 0 Å². The van der Waals surface area contributed by atoms with Gasteiger partial charge in [-0.3, -0.25) is 4.48 Å². The first-order valence-corrected chi connectivity index (χ1v) is 4.12. The summed E-state index contributed by atoms with van der Waals surface area (Å²) in [4.78, 5) is 0. The Kier molecular flexibility index (Phi) is 3.11. The van der Waals surface area contributed by atoms with Crippen LogP contribution in [0.1, 0.15) is 5.69 Å². The molecule has 1 N–H and O–H groups in total. The molecule has 0 atom stereocenters. The number of aliphatic hydroxyl groups excluding tert-OH is 1. The Morgan fingerprint density at radius 3 is 2.92 bits per heavy atom. The predicted molar refractivity (Wildman–Crippen MR) is 48.0 cm³/mol. The molecule has 12 heavy (non-hydrogen) atoms. The summed E-state index contributed by atoms with van der Waals surface area (Å²) >= 11 is 3.26. The van der Waals surface area contributed by atoms with Crippen LogP contribution in [0.3, 0.4) is 0 Å². The zero-order chi connectivity index (χ0) is 9.14. The van der Waals surface area contributed by atoms with Crippen LogP contribution in [0.4, 0.5) is 0 Å². The molecule has 0 bridgehead atoms. The standard InChI is InChI=1S/C7H8BBrNO2/c1-12-7-2-5(4-11)10(8)3-6(7)9/h2-3,11H,4H2,1H3/q+1. The predicted octanol–water partition coefficient (Wildman–Crippen LogP) is 0.169. The maximum absolute atomic E-state index is 8.86. The molecule has 5 heteroatoms. The van der Waals surface area contributed by atoms with Crippen molar-refractivity contribution in [2.75, 3.05) is 7.11 Å². The number of aliphatic hydroxyl groups is 1. The average molecular weight is 229 g/mol. The first-order chi connectivity index (χ1) is 5.69. The van der Waals surface area contributed by atoms with Gasteiger partial charge in [-0.05, 0) is 15.9 Å². The topological polar surface area (TPSA) is 33.3 Å². The Hall–Kier alpha value is -0.545. The minimum atomic E-state index is -0.111. The van der Waals surface area contributed by atoms with Gasteiger partial charge in [-0.1, -0.05) is 0 Å². The molecule has 1 rings (SSSR count). The molecule has 0 unspecified atom stereocenters. The van der Waals surface area contributed by atoms with Crippen LogP contribution >= 0.6 is 15.9 Å². The summed E-state index contributed by atoms with van der Waals surface area (Å²) in [6.45, 7) is -0.111. The van der Waals surface area contributed by atoms with Crippen LogP contribution in [0.25, 0.3) is 0 Å². The Balaban J connectivity index is 3.18. The van der Waals surface area contributed by atoms with E-state index in [2.05, 4.69) is 15.9 Å². The van der Waals surface area contributed by atoms with E-state index in [0.29, 0.717) is 11.4 Å². The Morgan fingerprint density at radius 2 is 2.42 bits per heavy atom. The molecule has 0 aliphatic carbocycles. The van der Waals surface area contributed by atoms with E-state index in [1.54, 1.807) is 19.4 Å². The third-order valence-electron chi connectivity index (χ3n) is 1.50. The van der Waals surface area contributed by atoms with Crippen LogP contribution in [0, 0.1) is 0 Å². The fourth-order valence-electron chi connectivity index (χ4n) is 0.847. The fourth-order valence-corrected chi connectivity index (χ4v) is 1.34. The molecule has 1 heterocycles. The minimum Gasteiger partial charge on any atom is -0.495 e. The highest BCUT2D eigenvalue weighted by molar-refractivity contribution is 9.10. The van der Waals surface area contributed by atoms with Gasteiger partial charge in [0.05, 0.1) is 7.11 Å².